The molecule has 0 unspecified atom stereocenters. The molecule has 1 N–H and O–H groups in total. The number of nitrogens with one attached hydrogen (secondary N) is 1. The predicted octanol–water partition coefficient (Wildman–Crippen LogP) is 4.86. The molecule has 5 nitrogen and oxygen atoms in total. The minimum atomic E-state index is -0.526. The zero-order chi connectivity index (χ0) is 20.1. The van der Waals surface area contributed by atoms with Crippen LogP contribution in [-0.2, 0) is 16.0 Å². The average molecular weight is 399 g/mol. The van der Waals surface area contributed by atoms with Gasteiger partial charge in [-0.3, -0.25) is 9.59 Å². The van der Waals surface area contributed by atoms with Gasteiger partial charge in [-0.05, 0) is 61.7 Å². The van der Waals surface area contributed by atoms with Crippen molar-refractivity contribution < 1.29 is 14.3 Å². The van der Waals surface area contributed by atoms with E-state index in [-0.39, 0.29) is 10.7 Å². The maximum atomic E-state index is 12.8. The Labute approximate surface area is 169 Å². The van der Waals surface area contributed by atoms with Gasteiger partial charge in [-0.25, -0.2) is 4.90 Å². The third-order valence-corrected chi connectivity index (χ3v) is 4.83. The van der Waals surface area contributed by atoms with E-state index in [1.54, 1.807) is 36.4 Å². The lowest BCUT2D eigenvalue weighted by Gasteiger charge is -2.15. The molecular weight excluding hydrogens is 376 g/mol. The Bertz CT molecular complexity index is 889. The number of aryl methyl sites for hydroxylation is 1. The molecule has 0 spiro atoms. The Hall–Kier alpha value is -2.79. The summed E-state index contributed by atoms with van der Waals surface area (Å²) in [5, 5.41) is 2.84. The standard InChI is InChI=1S/C22H23ClN2O3/c1-3-5-6-15-7-11-17(12-8-15)25-21(26)19(23)20(22(25)27)24-16-9-13-18(14-10-16)28-4-2/h7-14,24H,3-6H2,1-2H3. The number of benzene rings is 2. The van der Waals surface area contributed by atoms with Crippen molar-refractivity contribution in [2.75, 3.05) is 16.8 Å². The van der Waals surface area contributed by atoms with Crippen molar-refractivity contribution >= 4 is 34.8 Å². The molecule has 2 aromatic carbocycles. The highest BCUT2D eigenvalue weighted by Crippen LogP contribution is 2.30. The molecule has 0 atom stereocenters. The highest BCUT2D eigenvalue weighted by Gasteiger charge is 2.38. The first-order valence-electron chi connectivity index (χ1n) is 9.42. The molecule has 2 aromatic rings. The van der Waals surface area contributed by atoms with Crippen LogP contribution in [0.2, 0.25) is 0 Å². The lowest BCUT2D eigenvalue weighted by molar-refractivity contribution is -0.120. The number of ether oxygens (including phenoxy) is 1. The number of imide groups is 1. The molecule has 28 heavy (non-hydrogen) atoms. The van der Waals surface area contributed by atoms with Crippen molar-refractivity contribution in [3.8, 4) is 5.75 Å². The van der Waals surface area contributed by atoms with Gasteiger partial charge in [0, 0.05) is 5.69 Å². The third-order valence-electron chi connectivity index (χ3n) is 4.48. The van der Waals surface area contributed by atoms with Gasteiger partial charge in [0.15, 0.2) is 0 Å². The van der Waals surface area contributed by atoms with Gasteiger partial charge < -0.3 is 10.1 Å². The van der Waals surface area contributed by atoms with Gasteiger partial charge >= 0.3 is 0 Å². The van der Waals surface area contributed by atoms with E-state index in [1.807, 2.05) is 19.1 Å². The molecule has 0 saturated heterocycles. The monoisotopic (exact) mass is 398 g/mol. The average Bonchev–Trinajstić information content (AvgIpc) is 2.92. The summed E-state index contributed by atoms with van der Waals surface area (Å²) in [5.41, 5.74) is 2.41. The number of anilines is 2. The zero-order valence-corrected chi connectivity index (χ0v) is 16.8. The Morgan fingerprint density at radius 1 is 0.964 bits per heavy atom. The molecule has 0 saturated carbocycles. The number of carbonyl (C=O) groups excluding carboxylic acids is 2. The Morgan fingerprint density at radius 3 is 2.25 bits per heavy atom. The molecule has 1 heterocycles. The van der Waals surface area contributed by atoms with E-state index in [0.717, 1.165) is 29.9 Å². The summed E-state index contributed by atoms with van der Waals surface area (Å²) in [6.45, 7) is 4.62. The van der Waals surface area contributed by atoms with Crippen LogP contribution in [0.4, 0.5) is 11.4 Å². The van der Waals surface area contributed by atoms with E-state index in [0.29, 0.717) is 18.0 Å². The minimum Gasteiger partial charge on any atom is -0.494 e. The molecule has 0 aliphatic carbocycles. The largest absolute Gasteiger partial charge is 0.494 e. The molecule has 0 fully saturated rings. The van der Waals surface area contributed by atoms with Crippen LogP contribution < -0.4 is 15.0 Å². The van der Waals surface area contributed by atoms with E-state index in [9.17, 15) is 9.59 Å². The van der Waals surface area contributed by atoms with Crippen LogP contribution in [0.5, 0.6) is 5.75 Å². The van der Waals surface area contributed by atoms with Gasteiger partial charge in [0.25, 0.3) is 11.8 Å². The first-order valence-corrected chi connectivity index (χ1v) is 9.80. The van der Waals surface area contributed by atoms with Crippen LogP contribution in [0.1, 0.15) is 32.3 Å². The topological polar surface area (TPSA) is 58.6 Å². The van der Waals surface area contributed by atoms with Gasteiger partial charge in [-0.1, -0.05) is 37.1 Å². The second-order valence-electron chi connectivity index (χ2n) is 6.49. The van der Waals surface area contributed by atoms with Crippen LogP contribution in [0, 0.1) is 0 Å². The number of nitrogens with zero attached hydrogens (tertiary/aromatic N) is 1. The van der Waals surface area contributed by atoms with E-state index < -0.39 is 11.8 Å². The Balaban J connectivity index is 1.76. The summed E-state index contributed by atoms with van der Waals surface area (Å²) in [4.78, 5) is 26.5. The molecule has 146 valence electrons. The molecular formula is C22H23ClN2O3. The number of halogens is 1. The lowest BCUT2D eigenvalue weighted by Crippen LogP contribution is -2.32. The smallest absolute Gasteiger partial charge is 0.283 e. The lowest BCUT2D eigenvalue weighted by atomic mass is 10.1. The molecule has 6 heteroatoms. The van der Waals surface area contributed by atoms with Crippen molar-refractivity contribution in [3.05, 3.63) is 64.8 Å². The number of unbranched alkanes of at least 4 members (excludes halogenated alkanes) is 1. The van der Waals surface area contributed by atoms with Crippen molar-refractivity contribution in [3.63, 3.8) is 0 Å². The normalized spacial score (nSPS) is 14.0. The summed E-state index contributed by atoms with van der Waals surface area (Å²) in [7, 11) is 0. The summed E-state index contributed by atoms with van der Waals surface area (Å²) < 4.78 is 5.40. The Kier molecular flexibility index (Phi) is 6.37. The van der Waals surface area contributed by atoms with Gasteiger partial charge in [-0.2, -0.15) is 0 Å². The third kappa shape index (κ3) is 4.20. The van der Waals surface area contributed by atoms with Crippen LogP contribution >= 0.6 is 11.6 Å². The van der Waals surface area contributed by atoms with Crippen LogP contribution in [-0.4, -0.2) is 18.4 Å². The maximum Gasteiger partial charge on any atom is 0.283 e. The fraction of sp³-hybridized carbons (Fsp3) is 0.273. The van der Waals surface area contributed by atoms with Gasteiger partial charge in [-0.15, -0.1) is 0 Å². The number of hydrogen-bond donors (Lipinski definition) is 1. The second-order valence-corrected chi connectivity index (χ2v) is 6.87. The summed E-state index contributed by atoms with van der Waals surface area (Å²) in [5.74, 6) is -0.265. The summed E-state index contributed by atoms with van der Waals surface area (Å²) >= 11 is 6.18. The molecule has 0 aromatic heterocycles. The second kappa shape index (κ2) is 8.93. The van der Waals surface area contributed by atoms with Crippen LogP contribution in [0.15, 0.2) is 59.3 Å². The van der Waals surface area contributed by atoms with E-state index in [4.69, 9.17) is 16.3 Å². The molecule has 3 rings (SSSR count). The molecule has 1 aliphatic rings. The first kappa shape index (κ1) is 20.0. The SMILES string of the molecule is CCCCc1ccc(N2C(=O)C(Cl)=C(Nc3ccc(OCC)cc3)C2=O)cc1. The van der Waals surface area contributed by atoms with E-state index in [1.165, 1.54) is 5.56 Å². The van der Waals surface area contributed by atoms with Gasteiger partial charge in [0.05, 0.1) is 12.3 Å². The number of hydrogen-bond acceptors (Lipinski definition) is 4. The number of amides is 2. The maximum absolute atomic E-state index is 12.8. The summed E-state index contributed by atoms with van der Waals surface area (Å²) in [6.07, 6.45) is 3.19. The highest BCUT2D eigenvalue weighted by molar-refractivity contribution is 6.53. The minimum absolute atomic E-state index is 0.0749. The zero-order valence-electron chi connectivity index (χ0n) is 16.0. The molecule has 2 amide bonds. The molecule has 0 bridgehead atoms. The van der Waals surface area contributed by atoms with Crippen molar-refractivity contribution in [1.82, 2.24) is 0 Å². The van der Waals surface area contributed by atoms with E-state index in [2.05, 4.69) is 12.2 Å². The summed E-state index contributed by atoms with van der Waals surface area (Å²) in [6, 6.07) is 14.6. The number of carbonyl (C=O) groups is 2. The van der Waals surface area contributed by atoms with Crippen LogP contribution in [0.3, 0.4) is 0 Å². The quantitative estimate of drug-likeness (QED) is 0.645. The number of rotatable bonds is 8. The van der Waals surface area contributed by atoms with E-state index >= 15 is 0 Å². The van der Waals surface area contributed by atoms with Crippen molar-refractivity contribution in [1.29, 1.82) is 0 Å². The first-order chi connectivity index (χ1) is 13.5. The van der Waals surface area contributed by atoms with Crippen molar-refractivity contribution in [2.45, 2.75) is 33.1 Å². The Morgan fingerprint density at radius 2 is 1.64 bits per heavy atom. The van der Waals surface area contributed by atoms with Crippen LogP contribution in [0.25, 0.3) is 0 Å². The predicted molar refractivity (Wildman–Crippen MR) is 112 cm³/mol. The fourth-order valence-corrected chi connectivity index (χ4v) is 3.20. The van der Waals surface area contributed by atoms with Crippen molar-refractivity contribution in [2.24, 2.45) is 0 Å². The molecule has 0 radical (unpaired) electrons. The van der Waals surface area contributed by atoms with Gasteiger partial charge in [0.2, 0.25) is 0 Å². The molecule has 1 aliphatic heterocycles. The highest BCUT2D eigenvalue weighted by atomic mass is 35.5. The fourth-order valence-electron chi connectivity index (χ4n) is 2.98. The van der Waals surface area contributed by atoms with Gasteiger partial charge in [0.1, 0.15) is 16.5 Å².